The predicted molar refractivity (Wildman–Crippen MR) is 131 cm³/mol. The Hall–Kier alpha value is -3.17. The molecule has 3 atom stereocenters. The number of likely N-dealkylation sites (tertiary alicyclic amines) is 1. The van der Waals surface area contributed by atoms with Crippen molar-refractivity contribution in [3.63, 3.8) is 0 Å². The minimum atomic E-state index is -1.31. The van der Waals surface area contributed by atoms with Crippen LogP contribution in [0.1, 0.15) is 57.7 Å². The summed E-state index contributed by atoms with van der Waals surface area (Å²) in [5.41, 5.74) is -0.985. The van der Waals surface area contributed by atoms with Crippen LogP contribution in [0.4, 0.5) is 14.0 Å². The molecule has 0 bridgehead atoms. The van der Waals surface area contributed by atoms with Crippen molar-refractivity contribution in [2.75, 3.05) is 20.8 Å². The number of rotatable bonds is 7. The molecule has 8 nitrogen and oxygen atoms in total. The van der Waals surface area contributed by atoms with Crippen LogP contribution >= 0.6 is 0 Å². The Kier molecular flexibility index (Phi) is 7.95. The molecule has 0 aromatic heterocycles. The summed E-state index contributed by atoms with van der Waals surface area (Å²) in [5, 5.41) is 10.6. The first-order valence-corrected chi connectivity index (χ1v) is 11.8. The number of nitrogens with zero attached hydrogens (tertiary/aromatic N) is 1. The van der Waals surface area contributed by atoms with Gasteiger partial charge in [0.25, 0.3) is 0 Å². The lowest BCUT2D eigenvalue weighted by molar-refractivity contribution is -0.855. The van der Waals surface area contributed by atoms with Gasteiger partial charge in [0.15, 0.2) is 11.5 Å². The van der Waals surface area contributed by atoms with Crippen LogP contribution in [-0.4, -0.2) is 53.7 Å². The summed E-state index contributed by atoms with van der Waals surface area (Å²) in [4.78, 5) is 26.6. The largest absolute Gasteiger partial charge is 0.528 e. The minimum Gasteiger partial charge on any atom is -0.493 e. The van der Waals surface area contributed by atoms with Crippen molar-refractivity contribution < 1.29 is 42.5 Å². The third-order valence-electron chi connectivity index (χ3n) is 6.63. The van der Waals surface area contributed by atoms with Gasteiger partial charge in [-0.25, -0.2) is 4.39 Å². The Morgan fingerprint density at radius 3 is 2.42 bits per heavy atom. The molecule has 0 spiro atoms. The van der Waals surface area contributed by atoms with Gasteiger partial charge in [0.1, 0.15) is 36.2 Å². The second-order valence-corrected chi connectivity index (χ2v) is 10.3. The summed E-state index contributed by atoms with van der Waals surface area (Å²) in [6.45, 7) is 6.88. The van der Waals surface area contributed by atoms with Gasteiger partial charge >= 0.3 is 12.2 Å². The van der Waals surface area contributed by atoms with Crippen molar-refractivity contribution in [1.29, 1.82) is 0 Å². The molecule has 1 aliphatic rings. The van der Waals surface area contributed by atoms with E-state index < -0.39 is 33.9 Å². The van der Waals surface area contributed by atoms with Crippen LogP contribution in [0.5, 0.6) is 11.5 Å². The highest BCUT2D eigenvalue weighted by Crippen LogP contribution is 2.52. The van der Waals surface area contributed by atoms with E-state index in [-0.39, 0.29) is 19.0 Å². The quantitative estimate of drug-likeness (QED) is 0.457. The molecule has 1 saturated heterocycles. The van der Waals surface area contributed by atoms with Crippen LogP contribution in [0.25, 0.3) is 0 Å². The van der Waals surface area contributed by atoms with E-state index in [0.717, 1.165) is 0 Å². The fourth-order valence-electron chi connectivity index (χ4n) is 4.97. The number of hydrogen-bond donors (Lipinski definition) is 1. The Morgan fingerprint density at radius 2 is 1.83 bits per heavy atom. The molecule has 196 valence electrons. The third kappa shape index (κ3) is 5.03. The molecule has 36 heavy (non-hydrogen) atoms. The molecule has 0 saturated carbocycles. The number of benzene rings is 2. The molecule has 3 rings (SSSR count). The van der Waals surface area contributed by atoms with Crippen molar-refractivity contribution in [3.05, 3.63) is 59.4 Å². The van der Waals surface area contributed by atoms with E-state index in [1.54, 1.807) is 64.1 Å². The number of carbonyl (C=O) groups is 2. The molecule has 0 aliphatic carbocycles. The van der Waals surface area contributed by atoms with E-state index in [1.807, 2.05) is 0 Å². The van der Waals surface area contributed by atoms with E-state index in [2.05, 4.69) is 0 Å². The molecule has 2 aromatic carbocycles. The van der Waals surface area contributed by atoms with Crippen LogP contribution in [0, 0.1) is 5.82 Å². The number of methoxy groups -OCH3 is 2. The molecule has 9 heteroatoms. The smallest absolute Gasteiger partial charge is 0.493 e. The van der Waals surface area contributed by atoms with E-state index in [1.165, 1.54) is 20.3 Å². The predicted octanol–water partition coefficient (Wildman–Crippen LogP) is 6.08. The summed E-state index contributed by atoms with van der Waals surface area (Å²) in [6.07, 6.45) is -1.34. The molecule has 1 fully saturated rings. The Balaban J connectivity index is 2.03. The number of carbonyl (C=O) groups excluding carboxylic acids is 1. The van der Waals surface area contributed by atoms with E-state index in [4.69, 9.17) is 18.9 Å². The van der Waals surface area contributed by atoms with Crippen LogP contribution in [0.2, 0.25) is 0 Å². The van der Waals surface area contributed by atoms with E-state index in [0.29, 0.717) is 35.5 Å². The highest BCUT2D eigenvalue weighted by molar-refractivity contribution is 5.77. The molecule has 1 aliphatic heterocycles. The second kappa shape index (κ2) is 10.4. The van der Waals surface area contributed by atoms with Crippen LogP contribution in [-0.2, 0) is 16.1 Å². The summed E-state index contributed by atoms with van der Waals surface area (Å²) in [5.74, 6) is 0.335. The maximum absolute atomic E-state index is 14.0. The molecule has 1 heterocycles. The number of quaternary nitrogens is 1. The second-order valence-electron chi connectivity index (χ2n) is 10.3. The summed E-state index contributed by atoms with van der Waals surface area (Å²) in [6, 6.07) is 10.6. The fraction of sp³-hybridized carbons (Fsp3) is 0.481. The number of ether oxygens (including phenoxy) is 4. The highest BCUT2D eigenvalue weighted by Gasteiger charge is 2.70. The number of halogens is 1. The zero-order valence-electron chi connectivity index (χ0n) is 21.7. The van der Waals surface area contributed by atoms with Gasteiger partial charge in [-0.2, -0.15) is 9.59 Å². The van der Waals surface area contributed by atoms with E-state index >= 15 is 0 Å². The van der Waals surface area contributed by atoms with Crippen molar-refractivity contribution >= 4 is 12.2 Å². The average molecular weight is 505 g/mol. The lowest BCUT2D eigenvalue weighted by Crippen LogP contribution is -2.68. The van der Waals surface area contributed by atoms with Crippen LogP contribution in [0.3, 0.4) is 0 Å². The monoisotopic (exact) mass is 504 g/mol. The SMILES string of the molecule is COCC1(C)CC[C@H](c2ccc(OCc3ccccc3F)c(OC)c2)[N+]1(C(=O)O)C(=O)OC(C)(C)C. The first-order chi connectivity index (χ1) is 16.9. The van der Waals surface area contributed by atoms with E-state index in [9.17, 15) is 19.1 Å². The third-order valence-corrected chi connectivity index (χ3v) is 6.63. The molecule has 1 N–H and O–H groups in total. The van der Waals surface area contributed by atoms with Crippen molar-refractivity contribution in [2.45, 2.75) is 64.3 Å². The fourth-order valence-corrected chi connectivity index (χ4v) is 4.97. The first kappa shape index (κ1) is 27.4. The first-order valence-electron chi connectivity index (χ1n) is 11.8. The Bertz CT molecular complexity index is 1120. The molecule has 0 radical (unpaired) electrons. The lowest BCUT2D eigenvalue weighted by Gasteiger charge is -2.42. The van der Waals surface area contributed by atoms with Crippen LogP contribution < -0.4 is 9.47 Å². The highest BCUT2D eigenvalue weighted by atomic mass is 19.1. The van der Waals surface area contributed by atoms with Crippen molar-refractivity contribution in [2.24, 2.45) is 0 Å². The zero-order valence-corrected chi connectivity index (χ0v) is 21.7. The average Bonchev–Trinajstić information content (AvgIpc) is 3.11. The van der Waals surface area contributed by atoms with Gasteiger partial charge in [-0.15, -0.1) is 4.48 Å². The summed E-state index contributed by atoms with van der Waals surface area (Å²) < 4.78 is 35.4. The number of carboxylic acid groups (broad SMARTS) is 1. The topological polar surface area (TPSA) is 91.3 Å². The van der Waals surface area contributed by atoms with Gasteiger partial charge in [-0.3, -0.25) is 0 Å². The maximum Gasteiger partial charge on any atom is 0.528 e. The van der Waals surface area contributed by atoms with Crippen molar-refractivity contribution in [3.8, 4) is 11.5 Å². The zero-order chi connectivity index (χ0) is 26.7. The number of hydrogen-bond acceptors (Lipinski definition) is 6. The Morgan fingerprint density at radius 1 is 1.14 bits per heavy atom. The van der Waals surface area contributed by atoms with Gasteiger partial charge < -0.3 is 24.1 Å². The van der Waals surface area contributed by atoms with Gasteiger partial charge in [0.2, 0.25) is 0 Å². The summed E-state index contributed by atoms with van der Waals surface area (Å²) >= 11 is 0. The van der Waals surface area contributed by atoms with Gasteiger partial charge in [0.05, 0.1) is 7.11 Å². The molecular weight excluding hydrogens is 469 g/mol. The summed E-state index contributed by atoms with van der Waals surface area (Å²) in [7, 11) is 2.95. The Labute approximate surface area is 211 Å². The number of imide groups is 1. The normalized spacial score (nSPS) is 23.8. The lowest BCUT2D eigenvalue weighted by atomic mass is 9.98. The van der Waals surface area contributed by atoms with Gasteiger partial charge in [-0.05, 0) is 52.0 Å². The van der Waals surface area contributed by atoms with Gasteiger partial charge in [0, 0.05) is 31.1 Å². The molecule has 2 aromatic rings. The molecule has 2 unspecified atom stereocenters. The molecular formula is C27H35FNO7+. The maximum atomic E-state index is 14.0. The van der Waals surface area contributed by atoms with Gasteiger partial charge in [-0.1, -0.05) is 18.2 Å². The van der Waals surface area contributed by atoms with Crippen molar-refractivity contribution in [1.82, 2.24) is 0 Å². The standard InChI is InChI=1S/C27H34FNO7/c1-26(2,3)36-25(32)29(24(30)31)21(13-14-27(29,4)17-33-5)18-11-12-22(23(15-18)34-6)35-16-19-9-7-8-10-20(19)28/h7-12,15,21H,13-14,16-17H2,1-6H3/p+1/t21-,27?,29?/m1/s1. The number of amides is 2. The molecule has 2 amide bonds. The van der Waals surface area contributed by atoms with Crippen LogP contribution in [0.15, 0.2) is 42.5 Å². The minimum absolute atomic E-state index is 0.00917.